The molecule has 0 aliphatic carbocycles. The zero-order valence-electron chi connectivity index (χ0n) is 13.5. The second-order valence-electron chi connectivity index (χ2n) is 6.19. The Hall–Kier alpha value is -1.73. The molecule has 2 aromatic carbocycles. The number of nitrogens with zero attached hydrogens (tertiary/aromatic N) is 2. The Morgan fingerprint density at radius 1 is 1.09 bits per heavy atom. The van der Waals surface area contributed by atoms with Crippen LogP contribution in [0.2, 0.25) is 0 Å². The zero-order valence-corrected chi connectivity index (χ0v) is 15.7. The largest absolute Gasteiger partial charge is 1.00 e. The quantitative estimate of drug-likeness (QED) is 0.502. The average Bonchev–Trinajstić information content (AvgIpc) is 2.46. The molecule has 0 radical (unpaired) electrons. The van der Waals surface area contributed by atoms with Crippen LogP contribution in [0.1, 0.15) is 16.7 Å². The predicted octanol–water partition coefficient (Wildman–Crippen LogP) is -0.220. The van der Waals surface area contributed by atoms with Crippen molar-refractivity contribution in [3.05, 3.63) is 65.2 Å². The number of hydrogen-bond donors (Lipinski definition) is 1. The second kappa shape index (κ2) is 6.80. The molecule has 4 nitrogen and oxygen atoms in total. The molecule has 1 aliphatic rings. The first kappa shape index (κ1) is 17.6. The molecule has 0 atom stereocenters. The topological polar surface area (TPSA) is 41.5 Å². The van der Waals surface area contributed by atoms with E-state index in [0.717, 1.165) is 28.1 Å². The minimum Gasteiger partial charge on any atom is -1.00 e. The molecule has 23 heavy (non-hydrogen) atoms. The van der Waals surface area contributed by atoms with E-state index in [9.17, 15) is 4.79 Å². The van der Waals surface area contributed by atoms with Crippen LogP contribution < -0.4 is 29.3 Å². The summed E-state index contributed by atoms with van der Waals surface area (Å²) in [6.45, 7) is 2.35. The number of aryl methyl sites for hydroxylation is 1. The van der Waals surface area contributed by atoms with Gasteiger partial charge in [-0.25, -0.2) is 0 Å². The molecule has 3 rings (SSSR count). The van der Waals surface area contributed by atoms with Crippen molar-refractivity contribution in [2.24, 2.45) is 5.10 Å². The number of anilines is 1. The number of likely N-dealkylation sites (N-methyl/N-ethyl adjacent to an activating group) is 1. The molecule has 0 aromatic heterocycles. The van der Waals surface area contributed by atoms with Crippen molar-refractivity contribution >= 4 is 17.3 Å². The minimum atomic E-state index is -0.0223. The summed E-state index contributed by atoms with van der Waals surface area (Å²) in [6, 6.07) is 16.1. The third-order valence-electron chi connectivity index (χ3n) is 3.65. The Morgan fingerprint density at radius 2 is 1.78 bits per heavy atom. The van der Waals surface area contributed by atoms with Crippen LogP contribution in [0.5, 0.6) is 0 Å². The molecule has 0 saturated heterocycles. The highest BCUT2D eigenvalue weighted by atomic mass is 127. The van der Waals surface area contributed by atoms with Gasteiger partial charge in [-0.15, -0.1) is 0 Å². The fourth-order valence-corrected chi connectivity index (χ4v) is 2.67. The summed E-state index contributed by atoms with van der Waals surface area (Å²) in [5, 5.41) is 7.87. The molecule has 1 amide bonds. The third kappa shape index (κ3) is 3.97. The average molecular weight is 421 g/mol. The van der Waals surface area contributed by atoms with Crippen LogP contribution >= 0.6 is 0 Å². The second-order valence-corrected chi connectivity index (χ2v) is 6.19. The Bertz CT molecular complexity index is 754. The van der Waals surface area contributed by atoms with E-state index in [1.807, 2.05) is 63.5 Å². The van der Waals surface area contributed by atoms with Crippen molar-refractivity contribution in [2.75, 3.05) is 26.0 Å². The van der Waals surface area contributed by atoms with Crippen LogP contribution in [-0.2, 0) is 4.79 Å². The summed E-state index contributed by atoms with van der Waals surface area (Å²) >= 11 is 0. The van der Waals surface area contributed by atoms with Gasteiger partial charge in [0.2, 0.25) is 0 Å². The summed E-state index contributed by atoms with van der Waals surface area (Å²) in [5.41, 5.74) is 4.88. The predicted molar refractivity (Wildman–Crippen MR) is 88.9 cm³/mol. The fourth-order valence-electron chi connectivity index (χ4n) is 2.67. The maximum Gasteiger partial charge on any atom is 0.282 e. The number of rotatable bonds is 1. The first-order chi connectivity index (χ1) is 10.4. The molecule has 1 N–H and O–H groups in total. The lowest BCUT2D eigenvalue weighted by molar-refractivity contribution is -0.888. The highest BCUT2D eigenvalue weighted by Crippen LogP contribution is 2.25. The summed E-state index contributed by atoms with van der Waals surface area (Å²) < 4.78 is 0.267. The van der Waals surface area contributed by atoms with E-state index in [2.05, 4.69) is 11.4 Å². The molecule has 120 valence electrons. The normalized spacial score (nSPS) is 18.4. The standard InChI is InChI=1S/C18H19N3O.HI/c1-13-9-10-16-15(11-13)18(14-7-5-4-6-8-14)20-21(2,3)12-17(22)19-16;/h4-11H,12H2,1-3H3;1H. The number of quaternary nitrogens is 1. The Kier molecular flexibility index (Phi) is 5.21. The van der Waals surface area contributed by atoms with E-state index in [1.54, 1.807) is 0 Å². The Labute approximate surface area is 153 Å². The molecule has 0 spiro atoms. The van der Waals surface area contributed by atoms with E-state index in [-0.39, 0.29) is 34.5 Å². The highest BCUT2D eigenvalue weighted by Gasteiger charge is 2.27. The van der Waals surface area contributed by atoms with Gasteiger partial charge in [0.25, 0.3) is 5.91 Å². The highest BCUT2D eigenvalue weighted by molar-refractivity contribution is 6.17. The van der Waals surface area contributed by atoms with Crippen LogP contribution in [0.25, 0.3) is 0 Å². The molecular formula is C18H20IN3O. The van der Waals surface area contributed by atoms with Crippen LogP contribution in [0.3, 0.4) is 0 Å². The van der Waals surface area contributed by atoms with Gasteiger partial charge >= 0.3 is 0 Å². The monoisotopic (exact) mass is 421 g/mol. The van der Waals surface area contributed by atoms with Crippen molar-refractivity contribution in [3.8, 4) is 0 Å². The molecule has 2 aromatic rings. The molecule has 1 aliphatic heterocycles. The minimum absolute atomic E-state index is 0. The maximum absolute atomic E-state index is 12.1. The van der Waals surface area contributed by atoms with Gasteiger partial charge in [-0.1, -0.05) is 47.1 Å². The van der Waals surface area contributed by atoms with E-state index >= 15 is 0 Å². The number of benzene rings is 2. The Morgan fingerprint density at radius 3 is 2.48 bits per heavy atom. The molecule has 0 saturated carbocycles. The van der Waals surface area contributed by atoms with Crippen molar-refractivity contribution in [2.45, 2.75) is 6.92 Å². The maximum atomic E-state index is 12.1. The number of halogens is 1. The summed E-state index contributed by atoms with van der Waals surface area (Å²) in [6.07, 6.45) is 0. The first-order valence-electron chi connectivity index (χ1n) is 7.34. The fraction of sp³-hybridized carbons (Fsp3) is 0.222. The number of hydrogen-bond acceptors (Lipinski definition) is 2. The van der Waals surface area contributed by atoms with Crippen molar-refractivity contribution < 1.29 is 33.4 Å². The van der Waals surface area contributed by atoms with Crippen molar-refractivity contribution in [3.63, 3.8) is 0 Å². The number of nitrogens with one attached hydrogen (secondary N) is 1. The number of carbonyl (C=O) groups is 1. The van der Waals surface area contributed by atoms with Gasteiger partial charge in [0.05, 0.1) is 19.8 Å². The summed E-state index contributed by atoms with van der Waals surface area (Å²) in [7, 11) is 3.87. The smallest absolute Gasteiger partial charge is 0.282 e. The van der Waals surface area contributed by atoms with E-state index < -0.39 is 0 Å². The molecule has 1 heterocycles. The van der Waals surface area contributed by atoms with E-state index in [1.165, 1.54) is 0 Å². The Balaban J connectivity index is 0.00000192. The summed E-state index contributed by atoms with van der Waals surface area (Å²) in [5.74, 6) is -0.0223. The number of fused-ring (bicyclic) bond motifs is 1. The zero-order chi connectivity index (χ0) is 15.7. The first-order valence-corrected chi connectivity index (χ1v) is 7.34. The van der Waals surface area contributed by atoms with Gasteiger partial charge in [0.1, 0.15) is 5.71 Å². The van der Waals surface area contributed by atoms with E-state index in [4.69, 9.17) is 5.10 Å². The number of amides is 1. The van der Waals surface area contributed by atoms with Gasteiger partial charge < -0.3 is 29.3 Å². The molecular weight excluding hydrogens is 401 g/mol. The van der Waals surface area contributed by atoms with Crippen LogP contribution in [0, 0.1) is 6.92 Å². The van der Waals surface area contributed by atoms with Crippen molar-refractivity contribution in [1.82, 2.24) is 0 Å². The van der Waals surface area contributed by atoms with Crippen LogP contribution in [-0.4, -0.2) is 36.9 Å². The van der Waals surface area contributed by atoms with Crippen LogP contribution in [0.15, 0.2) is 53.6 Å². The molecule has 0 fully saturated rings. The third-order valence-corrected chi connectivity index (χ3v) is 3.65. The van der Waals surface area contributed by atoms with Crippen LogP contribution in [0.4, 0.5) is 5.69 Å². The lowest BCUT2D eigenvalue weighted by Gasteiger charge is -2.26. The summed E-state index contributed by atoms with van der Waals surface area (Å²) in [4.78, 5) is 12.1. The van der Waals surface area contributed by atoms with Gasteiger partial charge in [0.15, 0.2) is 6.54 Å². The van der Waals surface area contributed by atoms with E-state index in [0.29, 0.717) is 6.54 Å². The molecule has 5 heteroatoms. The van der Waals surface area contributed by atoms with Crippen molar-refractivity contribution in [1.29, 1.82) is 0 Å². The van der Waals surface area contributed by atoms with Gasteiger partial charge in [0, 0.05) is 11.1 Å². The molecule has 0 unspecified atom stereocenters. The lowest BCUT2D eigenvalue weighted by Crippen LogP contribution is -3.00. The van der Waals surface area contributed by atoms with Gasteiger partial charge in [-0.05, 0) is 19.1 Å². The molecule has 0 bridgehead atoms. The van der Waals surface area contributed by atoms with Gasteiger partial charge in [-0.3, -0.25) is 4.79 Å². The lowest BCUT2D eigenvalue weighted by atomic mass is 9.98. The SMILES string of the molecule is Cc1ccc2c(c1)/C(c1ccccc1)=N\[N+](C)(C)CC(=O)N2.[I-]. The van der Waals surface area contributed by atoms with Gasteiger partial charge in [-0.2, -0.15) is 4.59 Å². The number of carbonyl (C=O) groups excluding carboxylic acids is 1.